The predicted octanol–water partition coefficient (Wildman–Crippen LogP) is 5.33. The van der Waals surface area contributed by atoms with Crippen LogP contribution in [0.15, 0.2) is 48.5 Å². The molecule has 0 saturated heterocycles. The minimum atomic E-state index is -0.0283. The Morgan fingerprint density at radius 1 is 1.03 bits per heavy atom. The lowest BCUT2D eigenvalue weighted by Crippen LogP contribution is -2.24. The van der Waals surface area contributed by atoms with E-state index in [0.29, 0.717) is 0 Å². The van der Waals surface area contributed by atoms with Crippen LogP contribution in [-0.4, -0.2) is 35.4 Å². The molecule has 0 fully saturated rings. The Hall–Kier alpha value is -2.85. The number of H-pyrrole nitrogens is 1. The predicted molar refractivity (Wildman–Crippen MR) is 122 cm³/mol. The molecule has 0 aliphatic carbocycles. The van der Waals surface area contributed by atoms with Gasteiger partial charge in [-0.2, -0.15) is 0 Å². The number of anilines is 1. The molecule has 1 amide bonds. The van der Waals surface area contributed by atoms with Crippen molar-refractivity contribution >= 4 is 33.6 Å². The van der Waals surface area contributed by atoms with Crippen molar-refractivity contribution in [3.63, 3.8) is 0 Å². The number of hydrogen-bond donors (Lipinski definition) is 2. The van der Waals surface area contributed by atoms with Crippen LogP contribution in [0.4, 0.5) is 5.69 Å². The Kier molecular flexibility index (Phi) is 5.54. The zero-order chi connectivity index (χ0) is 20.4. The highest BCUT2D eigenvalue weighted by atomic mass is 16.2. The van der Waals surface area contributed by atoms with Crippen LogP contribution in [0.1, 0.15) is 44.0 Å². The second-order valence-corrected chi connectivity index (χ2v) is 7.73. The van der Waals surface area contributed by atoms with E-state index in [1.54, 1.807) is 0 Å². The molecule has 1 aliphatic rings. The third-order valence-electron chi connectivity index (χ3n) is 5.97. The number of carbonyl (C=O) groups is 1. The third-order valence-corrected chi connectivity index (χ3v) is 5.97. The summed E-state index contributed by atoms with van der Waals surface area (Å²) >= 11 is 0. The number of fused-ring (bicyclic) bond motifs is 2. The molecule has 0 spiro atoms. The normalized spacial score (nSPS) is 15.1. The highest BCUT2D eigenvalue weighted by Crippen LogP contribution is 2.37. The molecule has 0 bridgehead atoms. The largest absolute Gasteiger partial charge is 0.355 e. The lowest BCUT2D eigenvalue weighted by Gasteiger charge is -2.17. The van der Waals surface area contributed by atoms with E-state index in [-0.39, 0.29) is 5.91 Å². The van der Waals surface area contributed by atoms with Crippen molar-refractivity contribution in [2.75, 3.05) is 25.0 Å². The van der Waals surface area contributed by atoms with Crippen molar-refractivity contribution in [1.82, 2.24) is 9.88 Å². The zero-order valence-electron chi connectivity index (χ0n) is 17.5. The molecule has 4 heteroatoms. The highest BCUT2D eigenvalue weighted by molar-refractivity contribution is 6.36. The number of para-hydroxylation sites is 1. The number of benzene rings is 2. The van der Waals surface area contributed by atoms with Gasteiger partial charge in [0.15, 0.2) is 0 Å². The van der Waals surface area contributed by atoms with E-state index >= 15 is 0 Å². The van der Waals surface area contributed by atoms with Crippen LogP contribution in [-0.2, 0) is 11.2 Å². The number of amides is 1. The number of aryl methyl sites for hydroxylation is 1. The lowest BCUT2D eigenvalue weighted by molar-refractivity contribution is -0.110. The number of carbonyl (C=O) groups excluding carboxylic acids is 1. The Balaban J connectivity index is 1.59. The molecule has 0 unspecified atom stereocenters. The van der Waals surface area contributed by atoms with Crippen LogP contribution in [0.25, 0.3) is 22.0 Å². The van der Waals surface area contributed by atoms with E-state index in [4.69, 9.17) is 0 Å². The Bertz CT molecular complexity index is 1070. The summed E-state index contributed by atoms with van der Waals surface area (Å²) in [6.45, 7) is 9.83. The van der Waals surface area contributed by atoms with Gasteiger partial charge in [0.05, 0.1) is 5.57 Å². The van der Waals surface area contributed by atoms with E-state index < -0.39 is 0 Å². The minimum Gasteiger partial charge on any atom is -0.355 e. The molecule has 0 saturated carbocycles. The highest BCUT2D eigenvalue weighted by Gasteiger charge is 2.26. The van der Waals surface area contributed by atoms with E-state index in [9.17, 15) is 4.79 Å². The van der Waals surface area contributed by atoms with E-state index in [0.717, 1.165) is 59.7 Å². The van der Waals surface area contributed by atoms with Gasteiger partial charge in [-0.05, 0) is 74.8 Å². The summed E-state index contributed by atoms with van der Waals surface area (Å²) in [4.78, 5) is 18.5. The van der Waals surface area contributed by atoms with E-state index in [1.807, 2.05) is 31.2 Å². The molecule has 150 valence electrons. The second kappa shape index (κ2) is 8.26. The summed E-state index contributed by atoms with van der Waals surface area (Å²) in [5, 5.41) is 4.17. The Morgan fingerprint density at radius 2 is 1.83 bits per heavy atom. The van der Waals surface area contributed by atoms with Crippen molar-refractivity contribution in [2.24, 2.45) is 0 Å². The minimum absolute atomic E-state index is 0.0283. The van der Waals surface area contributed by atoms with Gasteiger partial charge in [0, 0.05) is 27.8 Å². The van der Waals surface area contributed by atoms with Gasteiger partial charge in [0.1, 0.15) is 0 Å². The topological polar surface area (TPSA) is 48.1 Å². The fourth-order valence-electron chi connectivity index (χ4n) is 4.21. The molecule has 3 aromatic rings. The van der Waals surface area contributed by atoms with Crippen LogP contribution in [0, 0.1) is 0 Å². The van der Waals surface area contributed by atoms with Gasteiger partial charge >= 0.3 is 0 Å². The summed E-state index contributed by atoms with van der Waals surface area (Å²) in [5.74, 6) is -0.0283. The average Bonchev–Trinajstić information content (AvgIpc) is 3.30. The molecule has 4 rings (SSSR count). The number of aromatic amines is 1. The van der Waals surface area contributed by atoms with Crippen LogP contribution in [0.5, 0.6) is 0 Å². The average molecular weight is 388 g/mol. The maximum absolute atomic E-state index is 12.6. The van der Waals surface area contributed by atoms with Crippen molar-refractivity contribution in [1.29, 1.82) is 0 Å². The second-order valence-electron chi connectivity index (χ2n) is 7.73. The first-order valence-corrected chi connectivity index (χ1v) is 10.6. The summed E-state index contributed by atoms with van der Waals surface area (Å²) in [5.41, 5.74) is 7.08. The number of nitrogens with zero attached hydrogens (tertiary/aromatic N) is 1. The van der Waals surface area contributed by atoms with Crippen LogP contribution >= 0.6 is 0 Å². The fourth-order valence-corrected chi connectivity index (χ4v) is 4.21. The summed E-state index contributed by atoms with van der Waals surface area (Å²) < 4.78 is 0. The Labute approximate surface area is 172 Å². The zero-order valence-corrected chi connectivity index (χ0v) is 17.5. The first kappa shape index (κ1) is 19.5. The number of aromatic nitrogens is 1. The van der Waals surface area contributed by atoms with Gasteiger partial charge in [-0.25, -0.2) is 0 Å². The first-order valence-electron chi connectivity index (χ1n) is 10.6. The molecular formula is C25H29N3O. The number of nitrogens with one attached hydrogen (secondary N) is 2. The Morgan fingerprint density at radius 3 is 2.62 bits per heavy atom. The summed E-state index contributed by atoms with van der Waals surface area (Å²) in [6, 6.07) is 16.7. The molecule has 2 heterocycles. The van der Waals surface area contributed by atoms with Gasteiger partial charge in [-0.3, -0.25) is 4.79 Å². The number of hydrogen-bond acceptors (Lipinski definition) is 2. The maximum Gasteiger partial charge on any atom is 0.256 e. The molecule has 1 aliphatic heterocycles. The molecule has 0 atom stereocenters. The van der Waals surface area contributed by atoms with Crippen molar-refractivity contribution in [3.05, 3.63) is 65.4 Å². The van der Waals surface area contributed by atoms with Crippen molar-refractivity contribution < 1.29 is 4.79 Å². The number of rotatable bonds is 7. The van der Waals surface area contributed by atoms with Crippen LogP contribution < -0.4 is 5.32 Å². The molecule has 29 heavy (non-hydrogen) atoms. The van der Waals surface area contributed by atoms with Gasteiger partial charge in [0.25, 0.3) is 5.91 Å². The molecule has 4 nitrogen and oxygen atoms in total. The molecule has 0 radical (unpaired) electrons. The first-order chi connectivity index (χ1) is 14.1. The fraction of sp³-hybridized carbons (Fsp3) is 0.320. The number of allylic oxidation sites excluding steroid dienone is 1. The van der Waals surface area contributed by atoms with Gasteiger partial charge in [-0.15, -0.1) is 0 Å². The molecular weight excluding hydrogens is 358 g/mol. The van der Waals surface area contributed by atoms with Gasteiger partial charge in [0.2, 0.25) is 0 Å². The third kappa shape index (κ3) is 3.85. The SMILES string of the molecule is CCN(CC)CCCc1ccc2[nH]c(/C(C)=C3\C(=O)Nc4ccccc43)cc2c1. The van der Waals surface area contributed by atoms with Crippen molar-refractivity contribution in [3.8, 4) is 0 Å². The smallest absolute Gasteiger partial charge is 0.256 e. The standard InChI is InChI=1S/C25H29N3O/c1-4-28(5-2)14-8-9-18-12-13-21-19(15-18)16-23(26-21)17(3)24-20-10-6-7-11-22(20)27-25(24)29/h6-7,10-13,15-16,26H,4-5,8-9,14H2,1-3H3,(H,27,29)/b24-17-. The van der Waals surface area contributed by atoms with Gasteiger partial charge < -0.3 is 15.2 Å². The van der Waals surface area contributed by atoms with E-state index in [2.05, 4.69) is 53.3 Å². The van der Waals surface area contributed by atoms with Crippen LogP contribution in [0.3, 0.4) is 0 Å². The quantitative estimate of drug-likeness (QED) is 0.539. The molecule has 1 aromatic heterocycles. The van der Waals surface area contributed by atoms with Crippen molar-refractivity contribution in [2.45, 2.75) is 33.6 Å². The monoisotopic (exact) mass is 387 g/mol. The molecule has 2 aromatic carbocycles. The summed E-state index contributed by atoms with van der Waals surface area (Å²) in [6.07, 6.45) is 2.26. The lowest BCUT2D eigenvalue weighted by atomic mass is 10.00. The summed E-state index contributed by atoms with van der Waals surface area (Å²) in [7, 11) is 0. The maximum atomic E-state index is 12.6. The van der Waals surface area contributed by atoms with Gasteiger partial charge in [-0.1, -0.05) is 38.1 Å². The molecule has 2 N–H and O–H groups in total. The van der Waals surface area contributed by atoms with E-state index in [1.165, 1.54) is 17.4 Å². The van der Waals surface area contributed by atoms with Crippen LogP contribution in [0.2, 0.25) is 0 Å².